The van der Waals surface area contributed by atoms with Gasteiger partial charge >= 0.3 is 12.6 Å². The first-order valence-electron chi connectivity index (χ1n) is 7.48. The standard InChI is InChI=1S/C18H11Cl2F2NO4/c1-25-15-7-9(2-5-14(15)26-18(21)22)6-13-17(24)27-16(23-13)11-4-3-10(19)8-12(11)20/h2-8,18H,1H3/b13-6-. The second-order valence-electron chi connectivity index (χ2n) is 5.25. The summed E-state index contributed by atoms with van der Waals surface area (Å²) in [6, 6.07) is 8.89. The Bertz CT molecular complexity index is 960. The van der Waals surface area contributed by atoms with Gasteiger partial charge in [-0.1, -0.05) is 29.3 Å². The van der Waals surface area contributed by atoms with Crippen molar-refractivity contribution in [2.45, 2.75) is 6.61 Å². The lowest BCUT2D eigenvalue weighted by atomic mass is 10.1. The van der Waals surface area contributed by atoms with Crippen molar-refractivity contribution in [2.24, 2.45) is 4.99 Å². The predicted molar refractivity (Wildman–Crippen MR) is 96.7 cm³/mol. The van der Waals surface area contributed by atoms with Gasteiger partial charge in [-0.15, -0.1) is 0 Å². The molecule has 0 N–H and O–H groups in total. The van der Waals surface area contributed by atoms with Crippen LogP contribution in [0.1, 0.15) is 11.1 Å². The molecule has 0 radical (unpaired) electrons. The molecule has 1 aliphatic heterocycles. The van der Waals surface area contributed by atoms with E-state index in [2.05, 4.69) is 9.73 Å². The molecule has 0 saturated heterocycles. The molecular weight excluding hydrogens is 403 g/mol. The molecule has 1 aliphatic rings. The van der Waals surface area contributed by atoms with Gasteiger partial charge in [0.05, 0.1) is 17.7 Å². The van der Waals surface area contributed by atoms with Crippen LogP contribution in [0.2, 0.25) is 10.0 Å². The van der Waals surface area contributed by atoms with E-state index in [1.54, 1.807) is 12.1 Å². The summed E-state index contributed by atoms with van der Waals surface area (Å²) in [5.41, 5.74) is 0.907. The van der Waals surface area contributed by atoms with Crippen LogP contribution in [-0.2, 0) is 9.53 Å². The van der Waals surface area contributed by atoms with Crippen molar-refractivity contribution >= 4 is 41.1 Å². The number of aliphatic imine (C=N–C) groups is 1. The van der Waals surface area contributed by atoms with Gasteiger partial charge in [-0.3, -0.25) is 0 Å². The Morgan fingerprint density at radius 1 is 1.15 bits per heavy atom. The van der Waals surface area contributed by atoms with E-state index in [0.29, 0.717) is 16.1 Å². The van der Waals surface area contributed by atoms with E-state index >= 15 is 0 Å². The lowest BCUT2D eigenvalue weighted by molar-refractivity contribution is -0.129. The number of benzene rings is 2. The zero-order chi connectivity index (χ0) is 19.6. The van der Waals surface area contributed by atoms with Crippen LogP contribution in [0.3, 0.4) is 0 Å². The highest BCUT2D eigenvalue weighted by atomic mass is 35.5. The van der Waals surface area contributed by atoms with Gasteiger partial charge in [0, 0.05) is 5.02 Å². The van der Waals surface area contributed by atoms with Gasteiger partial charge in [0.2, 0.25) is 5.90 Å². The first-order valence-corrected chi connectivity index (χ1v) is 8.24. The molecule has 0 bridgehead atoms. The third-order valence-electron chi connectivity index (χ3n) is 3.49. The fraction of sp³-hybridized carbons (Fsp3) is 0.111. The number of esters is 1. The van der Waals surface area contributed by atoms with Crippen molar-refractivity contribution in [3.63, 3.8) is 0 Å². The van der Waals surface area contributed by atoms with E-state index < -0.39 is 12.6 Å². The molecule has 3 rings (SSSR count). The van der Waals surface area contributed by atoms with E-state index in [0.717, 1.165) is 0 Å². The molecular formula is C18H11Cl2F2NO4. The Morgan fingerprint density at radius 3 is 2.59 bits per heavy atom. The van der Waals surface area contributed by atoms with Crippen LogP contribution in [0.4, 0.5) is 8.78 Å². The Balaban J connectivity index is 1.92. The van der Waals surface area contributed by atoms with Crippen molar-refractivity contribution in [3.05, 3.63) is 63.3 Å². The first-order chi connectivity index (χ1) is 12.9. The number of methoxy groups -OCH3 is 1. The number of ether oxygens (including phenoxy) is 3. The largest absolute Gasteiger partial charge is 0.493 e. The summed E-state index contributed by atoms with van der Waals surface area (Å²) in [4.78, 5) is 16.2. The molecule has 0 spiro atoms. The van der Waals surface area contributed by atoms with Gasteiger partial charge in [-0.2, -0.15) is 8.78 Å². The van der Waals surface area contributed by atoms with Crippen molar-refractivity contribution in [3.8, 4) is 11.5 Å². The number of halogens is 4. The minimum absolute atomic E-state index is 0.0144. The summed E-state index contributed by atoms with van der Waals surface area (Å²) < 4.78 is 39.3. The summed E-state index contributed by atoms with van der Waals surface area (Å²) in [6.07, 6.45) is 1.42. The SMILES string of the molecule is COc1cc(/C=C2\N=C(c3ccc(Cl)cc3Cl)OC2=O)ccc1OC(F)F. The molecule has 0 atom stereocenters. The number of hydrogen-bond donors (Lipinski definition) is 0. The predicted octanol–water partition coefficient (Wildman–Crippen LogP) is 4.95. The number of nitrogens with zero attached hydrogens (tertiary/aromatic N) is 1. The Kier molecular flexibility index (Phi) is 5.62. The topological polar surface area (TPSA) is 57.1 Å². The van der Waals surface area contributed by atoms with Gasteiger partial charge in [-0.05, 0) is 42.0 Å². The van der Waals surface area contributed by atoms with Crippen molar-refractivity contribution in [2.75, 3.05) is 7.11 Å². The molecule has 2 aromatic rings. The Hall–Kier alpha value is -2.64. The maximum Gasteiger partial charge on any atom is 0.387 e. The monoisotopic (exact) mass is 413 g/mol. The van der Waals surface area contributed by atoms with Gasteiger partial charge in [0.15, 0.2) is 17.2 Å². The molecule has 140 valence electrons. The van der Waals surface area contributed by atoms with Crippen molar-refractivity contribution in [1.29, 1.82) is 0 Å². The average molecular weight is 414 g/mol. The number of cyclic esters (lactones) is 1. The van der Waals surface area contributed by atoms with Gasteiger partial charge in [0.1, 0.15) is 0 Å². The molecule has 27 heavy (non-hydrogen) atoms. The zero-order valence-electron chi connectivity index (χ0n) is 13.7. The van der Waals surface area contributed by atoms with Gasteiger partial charge < -0.3 is 14.2 Å². The summed E-state index contributed by atoms with van der Waals surface area (Å²) in [7, 11) is 1.31. The van der Waals surface area contributed by atoms with Crippen molar-refractivity contribution < 1.29 is 27.8 Å². The number of hydrogen-bond acceptors (Lipinski definition) is 5. The van der Waals surface area contributed by atoms with Crippen LogP contribution in [0, 0.1) is 0 Å². The molecule has 2 aromatic carbocycles. The summed E-state index contributed by atoms with van der Waals surface area (Å²) >= 11 is 11.9. The number of rotatable bonds is 5. The highest BCUT2D eigenvalue weighted by molar-refractivity contribution is 6.37. The molecule has 9 heteroatoms. The fourth-order valence-corrected chi connectivity index (χ4v) is 2.80. The Labute approximate surface area is 162 Å². The first kappa shape index (κ1) is 19.1. The number of carbonyl (C=O) groups is 1. The molecule has 0 fully saturated rings. The molecule has 0 saturated carbocycles. The highest BCUT2D eigenvalue weighted by Crippen LogP contribution is 2.31. The van der Waals surface area contributed by atoms with E-state index in [1.807, 2.05) is 0 Å². The third-order valence-corrected chi connectivity index (χ3v) is 4.04. The maximum atomic E-state index is 12.4. The smallest absolute Gasteiger partial charge is 0.387 e. The molecule has 0 aromatic heterocycles. The lowest BCUT2D eigenvalue weighted by Gasteiger charge is -2.10. The number of alkyl halides is 2. The van der Waals surface area contributed by atoms with E-state index in [-0.39, 0.29) is 28.1 Å². The zero-order valence-corrected chi connectivity index (χ0v) is 15.2. The second kappa shape index (κ2) is 7.94. The quantitative estimate of drug-likeness (QED) is 0.514. The molecule has 0 amide bonds. The van der Waals surface area contributed by atoms with E-state index in [9.17, 15) is 13.6 Å². The molecule has 0 unspecified atom stereocenters. The average Bonchev–Trinajstić information content (AvgIpc) is 2.96. The Morgan fingerprint density at radius 2 is 1.93 bits per heavy atom. The fourth-order valence-electron chi connectivity index (χ4n) is 2.31. The minimum Gasteiger partial charge on any atom is -0.493 e. The molecule has 0 aliphatic carbocycles. The summed E-state index contributed by atoms with van der Waals surface area (Å²) in [5, 5.41) is 0.716. The van der Waals surface area contributed by atoms with Crippen molar-refractivity contribution in [1.82, 2.24) is 0 Å². The second-order valence-corrected chi connectivity index (χ2v) is 6.09. The maximum absolute atomic E-state index is 12.4. The summed E-state index contributed by atoms with van der Waals surface area (Å²) in [6.45, 7) is -2.98. The van der Waals surface area contributed by atoms with Crippen LogP contribution in [0.15, 0.2) is 47.1 Å². The van der Waals surface area contributed by atoms with Crippen LogP contribution in [-0.4, -0.2) is 25.6 Å². The molecule has 5 nitrogen and oxygen atoms in total. The highest BCUT2D eigenvalue weighted by Gasteiger charge is 2.26. The van der Waals surface area contributed by atoms with E-state index in [4.69, 9.17) is 32.7 Å². The molecule has 1 heterocycles. The van der Waals surface area contributed by atoms with Crippen LogP contribution in [0.25, 0.3) is 6.08 Å². The van der Waals surface area contributed by atoms with Crippen LogP contribution < -0.4 is 9.47 Å². The van der Waals surface area contributed by atoms with E-state index in [1.165, 1.54) is 37.5 Å². The lowest BCUT2D eigenvalue weighted by Crippen LogP contribution is -2.06. The van der Waals surface area contributed by atoms with Crippen LogP contribution in [0.5, 0.6) is 11.5 Å². The van der Waals surface area contributed by atoms with Gasteiger partial charge in [-0.25, -0.2) is 9.79 Å². The number of carbonyl (C=O) groups excluding carboxylic acids is 1. The van der Waals surface area contributed by atoms with Crippen LogP contribution >= 0.6 is 23.2 Å². The minimum atomic E-state index is -2.98. The normalized spacial score (nSPS) is 15.1. The third kappa shape index (κ3) is 4.37. The van der Waals surface area contributed by atoms with Gasteiger partial charge in [0.25, 0.3) is 0 Å². The summed E-state index contributed by atoms with van der Waals surface area (Å²) in [5.74, 6) is -0.679.